The van der Waals surface area contributed by atoms with E-state index in [1.807, 2.05) is 0 Å². The van der Waals surface area contributed by atoms with E-state index in [1.54, 1.807) is 12.1 Å². The van der Waals surface area contributed by atoms with E-state index in [2.05, 4.69) is 0 Å². The van der Waals surface area contributed by atoms with E-state index in [9.17, 15) is 9.90 Å². The first-order valence-corrected chi connectivity index (χ1v) is 5.73. The van der Waals surface area contributed by atoms with Gasteiger partial charge in [0.25, 0.3) is 0 Å². The van der Waals surface area contributed by atoms with Gasteiger partial charge in [-0.05, 0) is 18.4 Å². The first kappa shape index (κ1) is 13.3. The SMILES string of the molecule is O=C(O)C(O)c1cccc(CCCCl)c1Cl. The molecule has 5 heteroatoms. The molecule has 0 aliphatic rings. The van der Waals surface area contributed by atoms with Crippen LogP contribution in [0.3, 0.4) is 0 Å². The van der Waals surface area contributed by atoms with Crippen LogP contribution >= 0.6 is 23.2 Å². The van der Waals surface area contributed by atoms with E-state index in [-0.39, 0.29) is 5.56 Å². The zero-order valence-electron chi connectivity index (χ0n) is 8.49. The quantitative estimate of drug-likeness (QED) is 0.803. The number of aliphatic hydroxyl groups excluding tert-OH is 1. The third-order valence-corrected chi connectivity index (χ3v) is 2.95. The van der Waals surface area contributed by atoms with Crippen molar-refractivity contribution in [1.29, 1.82) is 0 Å². The lowest BCUT2D eigenvalue weighted by molar-refractivity contribution is -0.146. The maximum absolute atomic E-state index is 10.6. The van der Waals surface area contributed by atoms with Crippen LogP contribution in [0.1, 0.15) is 23.7 Å². The highest BCUT2D eigenvalue weighted by molar-refractivity contribution is 6.32. The zero-order valence-corrected chi connectivity index (χ0v) is 10.0. The molecular weight excluding hydrogens is 251 g/mol. The molecule has 0 spiro atoms. The maximum atomic E-state index is 10.6. The number of alkyl halides is 1. The molecule has 0 saturated heterocycles. The fraction of sp³-hybridized carbons (Fsp3) is 0.364. The largest absolute Gasteiger partial charge is 0.479 e. The Morgan fingerprint density at radius 2 is 2.12 bits per heavy atom. The summed E-state index contributed by atoms with van der Waals surface area (Å²) in [4.78, 5) is 10.6. The molecule has 1 rings (SSSR count). The molecule has 16 heavy (non-hydrogen) atoms. The van der Waals surface area contributed by atoms with Gasteiger partial charge in [0.2, 0.25) is 0 Å². The molecule has 0 fully saturated rings. The number of hydrogen-bond donors (Lipinski definition) is 2. The van der Waals surface area contributed by atoms with Gasteiger partial charge in [-0.15, -0.1) is 11.6 Å². The molecule has 1 aromatic carbocycles. The van der Waals surface area contributed by atoms with Gasteiger partial charge >= 0.3 is 5.97 Å². The van der Waals surface area contributed by atoms with Crippen molar-refractivity contribution in [2.24, 2.45) is 0 Å². The number of aliphatic hydroxyl groups is 1. The van der Waals surface area contributed by atoms with Crippen molar-refractivity contribution in [3.05, 3.63) is 34.3 Å². The lowest BCUT2D eigenvalue weighted by Crippen LogP contribution is -2.11. The molecule has 88 valence electrons. The minimum Gasteiger partial charge on any atom is -0.479 e. The Labute approximate surface area is 104 Å². The average Bonchev–Trinajstić information content (AvgIpc) is 2.26. The predicted molar refractivity (Wildman–Crippen MR) is 63.1 cm³/mol. The first-order valence-electron chi connectivity index (χ1n) is 4.82. The van der Waals surface area contributed by atoms with Crippen LogP contribution in [-0.2, 0) is 11.2 Å². The van der Waals surface area contributed by atoms with Crippen molar-refractivity contribution in [2.45, 2.75) is 18.9 Å². The number of carboxylic acid groups (broad SMARTS) is 1. The topological polar surface area (TPSA) is 57.5 Å². The van der Waals surface area contributed by atoms with Crippen LogP contribution in [0.15, 0.2) is 18.2 Å². The van der Waals surface area contributed by atoms with Crippen LogP contribution in [0.25, 0.3) is 0 Å². The molecule has 0 aliphatic carbocycles. The van der Waals surface area contributed by atoms with E-state index in [0.717, 1.165) is 12.0 Å². The summed E-state index contributed by atoms with van der Waals surface area (Å²) < 4.78 is 0. The van der Waals surface area contributed by atoms with Crippen molar-refractivity contribution < 1.29 is 15.0 Å². The maximum Gasteiger partial charge on any atom is 0.337 e. The summed E-state index contributed by atoms with van der Waals surface area (Å²) in [6, 6.07) is 4.98. The number of benzene rings is 1. The predicted octanol–water partition coefficient (Wildman–Crippen LogP) is 2.63. The van der Waals surface area contributed by atoms with Gasteiger partial charge in [-0.25, -0.2) is 4.79 Å². The summed E-state index contributed by atoms with van der Waals surface area (Å²) >= 11 is 11.6. The molecule has 1 atom stereocenters. The summed E-state index contributed by atoms with van der Waals surface area (Å²) in [7, 11) is 0. The van der Waals surface area contributed by atoms with E-state index >= 15 is 0 Å². The second kappa shape index (κ2) is 6.09. The molecule has 1 aromatic rings. The van der Waals surface area contributed by atoms with Gasteiger partial charge < -0.3 is 10.2 Å². The molecule has 0 amide bonds. The standard InChI is InChI=1S/C11H12Cl2O3/c12-6-2-4-7-3-1-5-8(9(7)13)10(14)11(15)16/h1,3,5,10,14H,2,4,6H2,(H,15,16). The Hall–Kier alpha value is -0.770. The number of hydrogen-bond acceptors (Lipinski definition) is 2. The van der Waals surface area contributed by atoms with Crippen LogP contribution in [0.4, 0.5) is 0 Å². The molecule has 0 bridgehead atoms. The normalized spacial score (nSPS) is 12.4. The van der Waals surface area contributed by atoms with E-state index in [0.29, 0.717) is 17.3 Å². The third kappa shape index (κ3) is 3.11. The lowest BCUT2D eigenvalue weighted by atomic mass is 10.0. The first-order chi connectivity index (χ1) is 7.57. The summed E-state index contributed by atoms with van der Waals surface area (Å²) in [6.45, 7) is 0. The molecule has 0 aromatic heterocycles. The second-order valence-electron chi connectivity index (χ2n) is 3.35. The van der Waals surface area contributed by atoms with E-state index < -0.39 is 12.1 Å². The summed E-state index contributed by atoms with van der Waals surface area (Å²) in [5.41, 5.74) is 1.03. The Bertz CT molecular complexity index is 379. The molecule has 0 saturated carbocycles. The van der Waals surface area contributed by atoms with Gasteiger partial charge in [0.1, 0.15) is 0 Å². The second-order valence-corrected chi connectivity index (χ2v) is 4.11. The van der Waals surface area contributed by atoms with Crippen LogP contribution < -0.4 is 0 Å². The Kier molecular flexibility index (Phi) is 5.06. The number of carboxylic acids is 1. The van der Waals surface area contributed by atoms with Crippen molar-refractivity contribution in [2.75, 3.05) is 5.88 Å². The van der Waals surface area contributed by atoms with Crippen molar-refractivity contribution in [1.82, 2.24) is 0 Å². The van der Waals surface area contributed by atoms with Crippen LogP contribution in [-0.4, -0.2) is 22.1 Å². The van der Waals surface area contributed by atoms with E-state index in [1.165, 1.54) is 6.07 Å². The third-order valence-electron chi connectivity index (χ3n) is 2.22. The number of carbonyl (C=O) groups is 1. The van der Waals surface area contributed by atoms with Gasteiger partial charge in [-0.1, -0.05) is 29.8 Å². The minimum absolute atomic E-state index is 0.223. The van der Waals surface area contributed by atoms with E-state index in [4.69, 9.17) is 28.3 Å². The van der Waals surface area contributed by atoms with Crippen molar-refractivity contribution in [3.63, 3.8) is 0 Å². The Morgan fingerprint density at radius 3 is 2.69 bits per heavy atom. The van der Waals surface area contributed by atoms with Gasteiger partial charge in [-0.2, -0.15) is 0 Å². The smallest absolute Gasteiger partial charge is 0.337 e. The zero-order chi connectivity index (χ0) is 12.1. The summed E-state index contributed by atoms with van der Waals surface area (Å²) in [5, 5.41) is 18.4. The van der Waals surface area contributed by atoms with Gasteiger partial charge in [0.15, 0.2) is 6.10 Å². The van der Waals surface area contributed by atoms with Crippen molar-refractivity contribution >= 4 is 29.2 Å². The fourth-order valence-corrected chi connectivity index (χ4v) is 1.85. The van der Waals surface area contributed by atoms with Crippen LogP contribution in [0.2, 0.25) is 5.02 Å². The van der Waals surface area contributed by atoms with Crippen LogP contribution in [0.5, 0.6) is 0 Å². The van der Waals surface area contributed by atoms with Gasteiger partial charge in [0.05, 0.1) is 5.02 Å². The Morgan fingerprint density at radius 1 is 1.44 bits per heavy atom. The van der Waals surface area contributed by atoms with Gasteiger partial charge in [-0.3, -0.25) is 0 Å². The highest BCUT2D eigenvalue weighted by Crippen LogP contribution is 2.27. The molecule has 3 nitrogen and oxygen atoms in total. The van der Waals surface area contributed by atoms with Crippen molar-refractivity contribution in [3.8, 4) is 0 Å². The highest BCUT2D eigenvalue weighted by atomic mass is 35.5. The number of aryl methyl sites for hydroxylation is 1. The highest BCUT2D eigenvalue weighted by Gasteiger charge is 2.20. The molecule has 0 heterocycles. The molecule has 1 unspecified atom stereocenters. The van der Waals surface area contributed by atoms with Crippen LogP contribution in [0, 0.1) is 0 Å². The fourth-order valence-electron chi connectivity index (χ4n) is 1.39. The average molecular weight is 263 g/mol. The summed E-state index contributed by atoms with van der Waals surface area (Å²) in [5.74, 6) is -0.793. The number of aliphatic carboxylic acids is 1. The lowest BCUT2D eigenvalue weighted by Gasteiger charge is -2.11. The van der Waals surface area contributed by atoms with Gasteiger partial charge in [0, 0.05) is 11.4 Å². The molecular formula is C11H12Cl2O3. The molecule has 2 N–H and O–H groups in total. The molecule has 0 aliphatic heterocycles. The Balaban J connectivity index is 2.98. The number of halogens is 2. The monoisotopic (exact) mass is 262 g/mol. The number of rotatable bonds is 5. The molecule has 0 radical (unpaired) electrons. The minimum atomic E-state index is -1.58. The summed E-state index contributed by atoms with van der Waals surface area (Å²) in [6.07, 6.45) is -0.153.